The molecule has 0 fully saturated rings. The third kappa shape index (κ3) is 5.51. The minimum atomic E-state index is -0.513. The first-order valence-electron chi connectivity index (χ1n) is 12.0. The van der Waals surface area contributed by atoms with E-state index in [1.165, 1.54) is 9.13 Å². The minimum Gasteiger partial charge on any atom is -0.457 e. The molecular formula is C30H25N3O4. The molecule has 0 saturated heterocycles. The number of anilines is 1. The fraction of sp³-hybridized carbons (Fsp3) is 0.100. The summed E-state index contributed by atoms with van der Waals surface area (Å²) in [5.41, 5.74) is 1.14. The van der Waals surface area contributed by atoms with Crippen LogP contribution in [0.5, 0.6) is 11.5 Å². The van der Waals surface area contributed by atoms with Crippen molar-refractivity contribution < 1.29 is 9.53 Å². The number of rotatable bonds is 8. The van der Waals surface area contributed by atoms with Crippen molar-refractivity contribution in [1.82, 2.24) is 9.13 Å². The minimum absolute atomic E-state index is 0.219. The Labute approximate surface area is 213 Å². The number of hydrogen-bond acceptors (Lipinski definition) is 4. The van der Waals surface area contributed by atoms with Gasteiger partial charge >= 0.3 is 5.69 Å². The first-order chi connectivity index (χ1) is 18.1. The van der Waals surface area contributed by atoms with Gasteiger partial charge in [-0.1, -0.05) is 60.7 Å². The lowest BCUT2D eigenvalue weighted by molar-refractivity contribution is -0.116. The van der Waals surface area contributed by atoms with Gasteiger partial charge in [-0.2, -0.15) is 0 Å². The molecule has 7 heteroatoms. The van der Waals surface area contributed by atoms with Crippen LogP contribution in [0.15, 0.2) is 119 Å². The van der Waals surface area contributed by atoms with Crippen molar-refractivity contribution in [3.63, 3.8) is 0 Å². The lowest BCUT2D eigenvalue weighted by Gasteiger charge is -2.14. The second-order valence-electron chi connectivity index (χ2n) is 8.57. The van der Waals surface area contributed by atoms with Crippen molar-refractivity contribution in [3.05, 3.63) is 136 Å². The van der Waals surface area contributed by atoms with Gasteiger partial charge in [-0.3, -0.25) is 18.7 Å². The summed E-state index contributed by atoms with van der Waals surface area (Å²) in [5, 5.41) is 3.22. The number of aromatic nitrogens is 2. The fourth-order valence-electron chi connectivity index (χ4n) is 4.18. The molecule has 0 aliphatic rings. The number of para-hydroxylation sites is 2. The molecule has 5 aromatic rings. The highest BCUT2D eigenvalue weighted by molar-refractivity contribution is 5.91. The van der Waals surface area contributed by atoms with Gasteiger partial charge in [-0.05, 0) is 60.5 Å². The van der Waals surface area contributed by atoms with Crippen LogP contribution >= 0.6 is 0 Å². The lowest BCUT2D eigenvalue weighted by Crippen LogP contribution is -2.42. The van der Waals surface area contributed by atoms with E-state index in [9.17, 15) is 14.4 Å². The van der Waals surface area contributed by atoms with Crippen molar-refractivity contribution in [2.24, 2.45) is 0 Å². The zero-order valence-corrected chi connectivity index (χ0v) is 20.0. The van der Waals surface area contributed by atoms with Crippen molar-refractivity contribution in [3.8, 4) is 11.5 Å². The Morgan fingerprint density at radius 2 is 1.32 bits per heavy atom. The quantitative estimate of drug-likeness (QED) is 0.337. The number of benzene rings is 4. The Balaban J connectivity index is 1.36. The van der Waals surface area contributed by atoms with Crippen LogP contribution in [0.25, 0.3) is 10.9 Å². The summed E-state index contributed by atoms with van der Waals surface area (Å²) < 4.78 is 8.34. The Morgan fingerprint density at radius 1 is 0.703 bits per heavy atom. The average molecular weight is 492 g/mol. The fourth-order valence-corrected chi connectivity index (χ4v) is 4.18. The van der Waals surface area contributed by atoms with Crippen molar-refractivity contribution in [2.45, 2.75) is 19.5 Å². The number of nitrogens with one attached hydrogen (secondary N) is 1. The summed E-state index contributed by atoms with van der Waals surface area (Å²) in [6, 6.07) is 32.9. The summed E-state index contributed by atoms with van der Waals surface area (Å²) in [4.78, 5) is 39.4. The van der Waals surface area contributed by atoms with Gasteiger partial charge in [0.1, 0.15) is 18.0 Å². The second kappa shape index (κ2) is 10.8. The van der Waals surface area contributed by atoms with Gasteiger partial charge in [-0.25, -0.2) is 4.79 Å². The molecule has 1 aromatic heterocycles. The molecule has 184 valence electrons. The highest BCUT2D eigenvalue weighted by atomic mass is 16.5. The van der Waals surface area contributed by atoms with Gasteiger partial charge in [-0.15, -0.1) is 0 Å². The van der Waals surface area contributed by atoms with Gasteiger partial charge < -0.3 is 10.1 Å². The maximum Gasteiger partial charge on any atom is 0.331 e. The van der Waals surface area contributed by atoms with E-state index in [1.807, 2.05) is 60.7 Å². The van der Waals surface area contributed by atoms with Crippen LogP contribution < -0.4 is 21.3 Å². The summed E-state index contributed by atoms with van der Waals surface area (Å²) in [6.07, 6.45) is 0.526. The number of fused-ring (bicyclic) bond motifs is 1. The van der Waals surface area contributed by atoms with Gasteiger partial charge in [0.2, 0.25) is 5.91 Å². The molecule has 37 heavy (non-hydrogen) atoms. The second-order valence-corrected chi connectivity index (χ2v) is 8.57. The van der Waals surface area contributed by atoms with Crippen molar-refractivity contribution >= 4 is 22.5 Å². The highest BCUT2D eigenvalue weighted by Crippen LogP contribution is 2.22. The molecule has 1 heterocycles. The first kappa shape index (κ1) is 23.8. The number of carbonyl (C=O) groups excluding carboxylic acids is 1. The standard InChI is InChI=1S/C30H25N3O4/c34-28(31-23-15-17-25(18-16-23)37-24-11-5-2-6-12-24)21-33-27-14-8-7-13-26(27)29(35)32(30(33)36)20-19-22-9-3-1-4-10-22/h1-18H,19-21H2,(H,31,34). The summed E-state index contributed by atoms with van der Waals surface area (Å²) in [6.45, 7) is -0.00968. The molecule has 0 aliphatic carbocycles. The molecular weight excluding hydrogens is 466 g/mol. The molecule has 0 atom stereocenters. The number of ether oxygens (including phenoxy) is 1. The number of carbonyl (C=O) groups is 1. The van der Waals surface area contributed by atoms with Crippen LogP contribution in [0, 0.1) is 0 Å². The SMILES string of the molecule is O=C(Cn1c(=O)n(CCc2ccccc2)c(=O)c2ccccc21)Nc1ccc(Oc2ccccc2)cc1. The van der Waals surface area contributed by atoms with Crippen LogP contribution in [0.2, 0.25) is 0 Å². The van der Waals surface area contributed by atoms with E-state index in [4.69, 9.17) is 4.74 Å². The van der Waals surface area contributed by atoms with Crippen LogP contribution in [-0.2, 0) is 24.3 Å². The molecule has 0 aliphatic heterocycles. The zero-order chi connectivity index (χ0) is 25.6. The number of hydrogen-bond donors (Lipinski definition) is 1. The Bertz CT molecular complexity index is 1640. The van der Waals surface area contributed by atoms with E-state index in [-0.39, 0.29) is 24.6 Å². The monoisotopic (exact) mass is 491 g/mol. The van der Waals surface area contributed by atoms with Gasteiger partial charge in [0, 0.05) is 12.2 Å². The third-order valence-electron chi connectivity index (χ3n) is 6.02. The molecule has 0 spiro atoms. The predicted molar refractivity (Wildman–Crippen MR) is 144 cm³/mol. The molecule has 0 unspecified atom stereocenters. The predicted octanol–water partition coefficient (Wildman–Crippen LogP) is 4.84. The van der Waals surface area contributed by atoms with E-state index in [1.54, 1.807) is 48.5 Å². The van der Waals surface area contributed by atoms with Crippen LogP contribution in [-0.4, -0.2) is 15.0 Å². The topological polar surface area (TPSA) is 82.3 Å². The number of amides is 1. The van der Waals surface area contributed by atoms with E-state index in [0.29, 0.717) is 34.5 Å². The molecule has 4 aromatic carbocycles. The van der Waals surface area contributed by atoms with E-state index >= 15 is 0 Å². The Morgan fingerprint density at radius 3 is 2.05 bits per heavy atom. The van der Waals surface area contributed by atoms with Gasteiger partial charge in [0.25, 0.3) is 5.56 Å². The maximum absolute atomic E-state index is 13.4. The molecule has 0 saturated carbocycles. The Hall–Kier alpha value is -4.91. The average Bonchev–Trinajstić information content (AvgIpc) is 2.93. The van der Waals surface area contributed by atoms with Crippen LogP contribution in [0.3, 0.4) is 0 Å². The highest BCUT2D eigenvalue weighted by Gasteiger charge is 2.15. The van der Waals surface area contributed by atoms with E-state index < -0.39 is 5.69 Å². The van der Waals surface area contributed by atoms with Gasteiger partial charge in [0.05, 0.1) is 10.9 Å². The zero-order valence-electron chi connectivity index (χ0n) is 20.0. The molecule has 1 N–H and O–H groups in total. The Kier molecular flexibility index (Phi) is 6.94. The molecule has 0 bridgehead atoms. The van der Waals surface area contributed by atoms with E-state index in [0.717, 1.165) is 5.56 Å². The summed E-state index contributed by atoms with van der Waals surface area (Å²) in [5.74, 6) is 0.974. The van der Waals surface area contributed by atoms with Crippen LogP contribution in [0.1, 0.15) is 5.56 Å². The number of aryl methyl sites for hydroxylation is 1. The molecule has 7 nitrogen and oxygen atoms in total. The van der Waals surface area contributed by atoms with Crippen molar-refractivity contribution in [1.29, 1.82) is 0 Å². The first-order valence-corrected chi connectivity index (χ1v) is 12.0. The number of nitrogens with zero attached hydrogens (tertiary/aromatic N) is 2. The maximum atomic E-state index is 13.4. The van der Waals surface area contributed by atoms with Crippen molar-refractivity contribution in [2.75, 3.05) is 5.32 Å². The smallest absolute Gasteiger partial charge is 0.331 e. The third-order valence-corrected chi connectivity index (χ3v) is 6.02. The summed E-state index contributed by atoms with van der Waals surface area (Å²) >= 11 is 0. The molecule has 0 radical (unpaired) electrons. The van der Waals surface area contributed by atoms with Gasteiger partial charge in [0.15, 0.2) is 0 Å². The lowest BCUT2D eigenvalue weighted by atomic mass is 10.1. The van der Waals surface area contributed by atoms with E-state index in [2.05, 4.69) is 5.32 Å². The largest absolute Gasteiger partial charge is 0.457 e. The summed E-state index contributed by atoms with van der Waals surface area (Å²) in [7, 11) is 0. The molecule has 1 amide bonds. The van der Waals surface area contributed by atoms with Crippen LogP contribution in [0.4, 0.5) is 5.69 Å². The normalized spacial score (nSPS) is 10.8. The molecule has 5 rings (SSSR count).